The van der Waals surface area contributed by atoms with Gasteiger partial charge in [-0.1, -0.05) is 11.6 Å². The molecule has 2 rings (SSSR count). The number of imidazole rings is 1. The van der Waals surface area contributed by atoms with E-state index in [9.17, 15) is 0 Å². The number of hydrazine groups is 1. The maximum atomic E-state index is 6.06. The van der Waals surface area contributed by atoms with Gasteiger partial charge in [0.05, 0.1) is 5.02 Å². The molecule has 0 fully saturated rings. The molecule has 2 aromatic heterocycles. The summed E-state index contributed by atoms with van der Waals surface area (Å²) in [4.78, 5) is 5.23. The van der Waals surface area contributed by atoms with Crippen molar-refractivity contribution in [3.05, 3.63) is 39.6 Å². The number of nitrogens with two attached hydrogens (primary N) is 1. The van der Waals surface area contributed by atoms with E-state index in [1.165, 1.54) is 0 Å². The molecule has 3 N–H and O–H groups in total. The summed E-state index contributed by atoms with van der Waals surface area (Å²) in [5, 5.41) is 2.65. The highest BCUT2D eigenvalue weighted by atomic mass is 35.5. The quantitative estimate of drug-likeness (QED) is 0.636. The van der Waals surface area contributed by atoms with Crippen molar-refractivity contribution in [3.8, 4) is 0 Å². The number of nitrogens with zero attached hydrogens (tertiary/aromatic N) is 2. The standard InChI is InChI=1S/C9H11ClN4S/c1-14-4-3-12-9(14)7(13-11)8-6(10)2-5-15-8/h2-5,7,13H,11H2,1H3. The van der Waals surface area contributed by atoms with Crippen LogP contribution in [0.2, 0.25) is 5.02 Å². The Hall–Kier alpha value is -0.880. The van der Waals surface area contributed by atoms with Crippen molar-refractivity contribution < 1.29 is 0 Å². The lowest BCUT2D eigenvalue weighted by molar-refractivity contribution is 0.588. The van der Waals surface area contributed by atoms with E-state index in [1.54, 1.807) is 17.5 Å². The first-order chi connectivity index (χ1) is 7.24. The van der Waals surface area contributed by atoms with Gasteiger partial charge < -0.3 is 4.57 Å². The molecule has 4 nitrogen and oxygen atoms in total. The molecule has 0 aliphatic carbocycles. The molecule has 0 spiro atoms. The van der Waals surface area contributed by atoms with Gasteiger partial charge in [-0.15, -0.1) is 11.3 Å². The van der Waals surface area contributed by atoms with E-state index < -0.39 is 0 Å². The zero-order valence-corrected chi connectivity index (χ0v) is 9.72. The number of nitrogens with one attached hydrogen (secondary N) is 1. The van der Waals surface area contributed by atoms with Crippen molar-refractivity contribution in [2.45, 2.75) is 6.04 Å². The first-order valence-electron chi connectivity index (χ1n) is 4.40. The summed E-state index contributed by atoms with van der Waals surface area (Å²) in [6, 6.07) is 1.70. The lowest BCUT2D eigenvalue weighted by atomic mass is 10.2. The van der Waals surface area contributed by atoms with Crippen LogP contribution in [0, 0.1) is 0 Å². The highest BCUT2D eigenvalue weighted by molar-refractivity contribution is 7.10. The van der Waals surface area contributed by atoms with Crippen LogP contribution in [-0.2, 0) is 7.05 Å². The third-order valence-corrected chi connectivity index (χ3v) is 3.61. The molecule has 0 aliphatic heterocycles. The van der Waals surface area contributed by atoms with E-state index >= 15 is 0 Å². The Bertz CT molecular complexity index is 410. The lowest BCUT2D eigenvalue weighted by Gasteiger charge is -2.14. The predicted octanol–water partition coefficient (Wildman–Crippen LogP) is 1.69. The molecule has 0 bridgehead atoms. The molecule has 2 aromatic rings. The molecule has 80 valence electrons. The average molecular weight is 243 g/mol. The molecular weight excluding hydrogens is 232 g/mol. The zero-order chi connectivity index (χ0) is 10.8. The lowest BCUT2D eigenvalue weighted by Crippen LogP contribution is -2.30. The van der Waals surface area contributed by atoms with Crippen molar-refractivity contribution in [2.75, 3.05) is 0 Å². The number of rotatable bonds is 3. The molecule has 0 aromatic carbocycles. The van der Waals surface area contributed by atoms with E-state index in [1.807, 2.05) is 29.3 Å². The SMILES string of the molecule is Cn1ccnc1C(NN)c1sccc1Cl. The predicted molar refractivity (Wildman–Crippen MR) is 61.7 cm³/mol. The summed E-state index contributed by atoms with van der Waals surface area (Å²) in [6.07, 6.45) is 3.61. The fraction of sp³-hybridized carbons (Fsp3) is 0.222. The number of hydrogen-bond acceptors (Lipinski definition) is 4. The zero-order valence-electron chi connectivity index (χ0n) is 8.14. The summed E-state index contributed by atoms with van der Waals surface area (Å²) < 4.78 is 1.92. The van der Waals surface area contributed by atoms with Crippen LogP contribution in [0.4, 0.5) is 0 Å². The monoisotopic (exact) mass is 242 g/mol. The highest BCUT2D eigenvalue weighted by Crippen LogP contribution is 2.31. The molecule has 0 amide bonds. The Balaban J connectivity index is 2.41. The summed E-state index contributed by atoms with van der Waals surface area (Å²) in [5.74, 6) is 6.39. The normalized spacial score (nSPS) is 13.0. The van der Waals surface area contributed by atoms with Gasteiger partial charge in [-0.2, -0.15) is 0 Å². The third-order valence-electron chi connectivity index (χ3n) is 2.19. The van der Waals surface area contributed by atoms with Gasteiger partial charge in [0.1, 0.15) is 11.9 Å². The molecule has 0 radical (unpaired) electrons. The van der Waals surface area contributed by atoms with E-state index in [0.717, 1.165) is 10.7 Å². The molecular formula is C9H11ClN4S. The Kier molecular flexibility index (Phi) is 3.06. The molecule has 0 saturated heterocycles. The van der Waals surface area contributed by atoms with Crippen LogP contribution in [-0.4, -0.2) is 9.55 Å². The molecule has 1 atom stereocenters. The Labute approximate surface area is 96.7 Å². The Morgan fingerprint density at radius 3 is 2.93 bits per heavy atom. The third kappa shape index (κ3) is 1.91. The van der Waals surface area contributed by atoms with Crippen LogP contribution in [0.3, 0.4) is 0 Å². The van der Waals surface area contributed by atoms with Gasteiger partial charge in [0, 0.05) is 24.3 Å². The van der Waals surface area contributed by atoms with Crippen LogP contribution < -0.4 is 11.3 Å². The van der Waals surface area contributed by atoms with Crippen molar-refractivity contribution in [3.63, 3.8) is 0 Å². The maximum Gasteiger partial charge on any atom is 0.132 e. The summed E-state index contributed by atoms with van der Waals surface area (Å²) in [5.41, 5.74) is 2.73. The minimum atomic E-state index is -0.155. The molecule has 0 aliphatic rings. The van der Waals surface area contributed by atoms with Crippen molar-refractivity contribution >= 4 is 22.9 Å². The molecule has 2 heterocycles. The smallest absolute Gasteiger partial charge is 0.132 e. The number of thiophene rings is 1. The number of halogens is 1. The second kappa shape index (κ2) is 4.32. The topological polar surface area (TPSA) is 55.9 Å². The van der Waals surface area contributed by atoms with E-state index in [-0.39, 0.29) is 6.04 Å². The van der Waals surface area contributed by atoms with Crippen molar-refractivity contribution in [1.29, 1.82) is 0 Å². The van der Waals surface area contributed by atoms with Gasteiger partial charge in [-0.05, 0) is 11.4 Å². The average Bonchev–Trinajstić information content (AvgIpc) is 2.80. The fourth-order valence-corrected chi connectivity index (χ4v) is 2.66. The van der Waals surface area contributed by atoms with Crippen LogP contribution in [0.25, 0.3) is 0 Å². The van der Waals surface area contributed by atoms with Gasteiger partial charge in [0.15, 0.2) is 0 Å². The summed E-state index contributed by atoms with van der Waals surface area (Å²) in [6.45, 7) is 0. The molecule has 1 unspecified atom stereocenters. The van der Waals surface area contributed by atoms with Crippen LogP contribution in [0.1, 0.15) is 16.7 Å². The first kappa shape index (κ1) is 10.6. The Morgan fingerprint density at radius 2 is 2.47 bits per heavy atom. The number of hydrogen-bond donors (Lipinski definition) is 2. The van der Waals surface area contributed by atoms with Gasteiger partial charge in [-0.25, -0.2) is 10.4 Å². The first-order valence-corrected chi connectivity index (χ1v) is 5.66. The fourth-order valence-electron chi connectivity index (χ4n) is 1.43. The van der Waals surface area contributed by atoms with Crippen LogP contribution in [0.15, 0.2) is 23.8 Å². The molecule has 6 heteroatoms. The van der Waals surface area contributed by atoms with Gasteiger partial charge in [0.25, 0.3) is 0 Å². The summed E-state index contributed by atoms with van der Waals surface area (Å²) >= 11 is 7.62. The largest absolute Gasteiger partial charge is 0.336 e. The van der Waals surface area contributed by atoms with E-state index in [0.29, 0.717) is 5.02 Å². The maximum absolute atomic E-state index is 6.06. The van der Waals surface area contributed by atoms with E-state index in [4.69, 9.17) is 17.4 Å². The number of aromatic nitrogens is 2. The second-order valence-corrected chi connectivity index (χ2v) is 4.48. The minimum Gasteiger partial charge on any atom is -0.336 e. The highest BCUT2D eigenvalue weighted by Gasteiger charge is 2.20. The second-order valence-electron chi connectivity index (χ2n) is 3.13. The van der Waals surface area contributed by atoms with Gasteiger partial charge in [-0.3, -0.25) is 5.84 Å². The summed E-state index contributed by atoms with van der Waals surface area (Å²) in [7, 11) is 1.92. The number of aryl methyl sites for hydroxylation is 1. The van der Waals surface area contributed by atoms with Crippen molar-refractivity contribution in [2.24, 2.45) is 12.9 Å². The van der Waals surface area contributed by atoms with E-state index in [2.05, 4.69) is 10.4 Å². The van der Waals surface area contributed by atoms with Gasteiger partial charge in [0.2, 0.25) is 0 Å². The molecule has 0 saturated carbocycles. The minimum absolute atomic E-state index is 0.155. The van der Waals surface area contributed by atoms with Crippen LogP contribution in [0.5, 0.6) is 0 Å². The van der Waals surface area contributed by atoms with Gasteiger partial charge >= 0.3 is 0 Å². The Morgan fingerprint density at radius 1 is 1.67 bits per heavy atom. The van der Waals surface area contributed by atoms with Crippen LogP contribution >= 0.6 is 22.9 Å². The molecule has 15 heavy (non-hydrogen) atoms. The van der Waals surface area contributed by atoms with Crippen molar-refractivity contribution in [1.82, 2.24) is 15.0 Å².